The van der Waals surface area contributed by atoms with Gasteiger partial charge < -0.3 is 10.6 Å². The summed E-state index contributed by atoms with van der Waals surface area (Å²) in [4.78, 5) is 8.62. The van der Waals surface area contributed by atoms with Crippen LogP contribution in [-0.2, 0) is 0 Å². The fourth-order valence-electron chi connectivity index (χ4n) is 2.57. The van der Waals surface area contributed by atoms with Crippen LogP contribution in [0.3, 0.4) is 0 Å². The molecule has 0 saturated heterocycles. The van der Waals surface area contributed by atoms with E-state index < -0.39 is 0 Å². The van der Waals surface area contributed by atoms with Crippen molar-refractivity contribution in [2.75, 3.05) is 25.1 Å². The van der Waals surface area contributed by atoms with Crippen molar-refractivity contribution in [2.24, 2.45) is 4.99 Å². The smallest absolute Gasteiger partial charge is 0.191 e. The van der Waals surface area contributed by atoms with E-state index in [1.807, 2.05) is 30.4 Å². The van der Waals surface area contributed by atoms with Gasteiger partial charge in [0.15, 0.2) is 5.96 Å². The molecule has 0 amide bonds. The molecule has 1 aliphatic carbocycles. The standard InChI is InChI=1S/C15H26N4S3.HI/c1-3-20-13-6-5-12(11-13)19-14(16-2)17-7-4-9-21-15-18-8-10-22-15;/h8,10,12-13H,3-7,9,11H2,1-2H3,(H2,16,17,19);1H. The fraction of sp³-hybridized carbons (Fsp3) is 0.733. The Morgan fingerprint density at radius 3 is 3.04 bits per heavy atom. The van der Waals surface area contributed by atoms with E-state index in [9.17, 15) is 0 Å². The zero-order chi connectivity index (χ0) is 15.6. The van der Waals surface area contributed by atoms with Gasteiger partial charge in [0.1, 0.15) is 4.34 Å². The Kier molecular flexibility index (Phi) is 11.8. The minimum absolute atomic E-state index is 0. The molecule has 2 atom stereocenters. The zero-order valence-electron chi connectivity index (χ0n) is 13.8. The molecular formula is C15H27IN4S3. The second-order valence-corrected chi connectivity index (χ2v) is 9.04. The number of guanidine groups is 1. The van der Waals surface area contributed by atoms with Gasteiger partial charge in [-0.25, -0.2) is 4.98 Å². The quantitative estimate of drug-likeness (QED) is 0.191. The monoisotopic (exact) mass is 486 g/mol. The molecule has 23 heavy (non-hydrogen) atoms. The van der Waals surface area contributed by atoms with Gasteiger partial charge in [-0.2, -0.15) is 11.8 Å². The van der Waals surface area contributed by atoms with Crippen LogP contribution < -0.4 is 10.6 Å². The van der Waals surface area contributed by atoms with E-state index in [1.165, 1.54) is 25.0 Å². The average Bonchev–Trinajstić information content (AvgIpc) is 3.18. The summed E-state index contributed by atoms with van der Waals surface area (Å²) in [5.41, 5.74) is 0. The molecule has 0 radical (unpaired) electrons. The second-order valence-electron chi connectivity index (χ2n) is 5.23. The number of aliphatic imine (C=N–C) groups is 1. The molecule has 1 heterocycles. The number of nitrogens with one attached hydrogen (secondary N) is 2. The molecule has 1 saturated carbocycles. The molecule has 2 rings (SSSR count). The molecule has 132 valence electrons. The molecule has 1 fully saturated rings. The van der Waals surface area contributed by atoms with Crippen LogP contribution in [0.5, 0.6) is 0 Å². The summed E-state index contributed by atoms with van der Waals surface area (Å²) >= 11 is 5.63. The highest BCUT2D eigenvalue weighted by molar-refractivity contribution is 14.0. The van der Waals surface area contributed by atoms with Gasteiger partial charge in [0, 0.05) is 42.2 Å². The normalized spacial score (nSPS) is 21.0. The fourth-order valence-corrected chi connectivity index (χ4v) is 5.36. The van der Waals surface area contributed by atoms with E-state index in [2.05, 4.69) is 39.3 Å². The van der Waals surface area contributed by atoms with Gasteiger partial charge in [0.05, 0.1) is 0 Å². The van der Waals surface area contributed by atoms with Crippen LogP contribution in [0, 0.1) is 0 Å². The third kappa shape index (κ3) is 8.31. The van der Waals surface area contributed by atoms with E-state index in [0.717, 1.165) is 34.3 Å². The summed E-state index contributed by atoms with van der Waals surface area (Å²) in [6.45, 7) is 3.20. The predicted octanol–water partition coefficient (Wildman–Crippen LogP) is 4.08. The third-order valence-corrected chi connectivity index (χ3v) is 6.89. The molecule has 0 spiro atoms. The summed E-state index contributed by atoms with van der Waals surface area (Å²) in [6, 6.07) is 0.583. The van der Waals surface area contributed by atoms with Crippen LogP contribution in [0.1, 0.15) is 32.6 Å². The maximum Gasteiger partial charge on any atom is 0.191 e. The van der Waals surface area contributed by atoms with Crippen molar-refractivity contribution in [2.45, 2.75) is 48.2 Å². The summed E-state index contributed by atoms with van der Waals surface area (Å²) in [6.07, 6.45) is 6.83. The van der Waals surface area contributed by atoms with Crippen LogP contribution in [0.2, 0.25) is 0 Å². The maximum atomic E-state index is 4.34. The van der Waals surface area contributed by atoms with Gasteiger partial charge in [0.2, 0.25) is 0 Å². The van der Waals surface area contributed by atoms with Crippen molar-refractivity contribution in [1.82, 2.24) is 15.6 Å². The van der Waals surface area contributed by atoms with Crippen molar-refractivity contribution in [3.8, 4) is 0 Å². The Bertz CT molecular complexity index is 442. The Morgan fingerprint density at radius 1 is 1.48 bits per heavy atom. The van der Waals surface area contributed by atoms with Gasteiger partial charge >= 0.3 is 0 Å². The molecule has 1 aromatic heterocycles. The molecule has 2 unspecified atom stereocenters. The first kappa shape index (κ1) is 21.4. The van der Waals surface area contributed by atoms with Gasteiger partial charge in [-0.15, -0.1) is 35.3 Å². The minimum atomic E-state index is 0. The van der Waals surface area contributed by atoms with Crippen LogP contribution in [0.15, 0.2) is 20.9 Å². The number of hydrogen-bond donors (Lipinski definition) is 2. The van der Waals surface area contributed by atoms with Crippen LogP contribution in [0.25, 0.3) is 0 Å². The van der Waals surface area contributed by atoms with Gasteiger partial charge in [0.25, 0.3) is 0 Å². The molecule has 0 aromatic carbocycles. The third-order valence-electron chi connectivity index (χ3n) is 3.60. The summed E-state index contributed by atoms with van der Waals surface area (Å²) in [7, 11) is 1.85. The number of thiazole rings is 1. The van der Waals surface area contributed by atoms with E-state index in [1.54, 1.807) is 11.3 Å². The number of halogens is 1. The summed E-state index contributed by atoms with van der Waals surface area (Å²) < 4.78 is 1.16. The number of rotatable bonds is 8. The number of hydrogen-bond acceptors (Lipinski definition) is 5. The Morgan fingerprint density at radius 2 is 2.35 bits per heavy atom. The highest BCUT2D eigenvalue weighted by atomic mass is 127. The first-order valence-corrected chi connectivity index (χ1v) is 10.8. The molecule has 0 bridgehead atoms. The highest BCUT2D eigenvalue weighted by Crippen LogP contribution is 2.29. The van der Waals surface area contributed by atoms with Crippen molar-refractivity contribution in [1.29, 1.82) is 0 Å². The molecule has 8 heteroatoms. The molecular weight excluding hydrogens is 459 g/mol. The number of thioether (sulfide) groups is 2. The van der Waals surface area contributed by atoms with Crippen LogP contribution in [-0.4, -0.2) is 47.3 Å². The number of nitrogens with zero attached hydrogens (tertiary/aromatic N) is 2. The zero-order valence-corrected chi connectivity index (χ0v) is 18.6. The van der Waals surface area contributed by atoms with Crippen LogP contribution >= 0.6 is 58.8 Å². The van der Waals surface area contributed by atoms with Crippen molar-refractivity contribution in [3.05, 3.63) is 11.6 Å². The van der Waals surface area contributed by atoms with Crippen LogP contribution in [0.4, 0.5) is 0 Å². The molecule has 1 aromatic rings. The second kappa shape index (κ2) is 12.7. The molecule has 1 aliphatic rings. The molecule has 2 N–H and O–H groups in total. The SMILES string of the molecule is CCSC1CCC(NC(=NC)NCCCSc2nccs2)C1.I. The first-order valence-electron chi connectivity index (χ1n) is 7.93. The lowest BCUT2D eigenvalue weighted by molar-refractivity contribution is 0.614. The Labute approximate surface area is 169 Å². The van der Waals surface area contributed by atoms with E-state index in [0.29, 0.717) is 6.04 Å². The van der Waals surface area contributed by atoms with E-state index in [-0.39, 0.29) is 24.0 Å². The van der Waals surface area contributed by atoms with Crippen molar-refractivity contribution >= 4 is 64.8 Å². The summed E-state index contributed by atoms with van der Waals surface area (Å²) in [5, 5.41) is 9.85. The Hall–Kier alpha value is 0.330. The number of aromatic nitrogens is 1. The van der Waals surface area contributed by atoms with Crippen molar-refractivity contribution < 1.29 is 0 Å². The van der Waals surface area contributed by atoms with E-state index >= 15 is 0 Å². The van der Waals surface area contributed by atoms with Gasteiger partial charge in [-0.1, -0.05) is 18.7 Å². The molecule has 4 nitrogen and oxygen atoms in total. The minimum Gasteiger partial charge on any atom is -0.356 e. The average molecular weight is 487 g/mol. The lowest BCUT2D eigenvalue weighted by Gasteiger charge is -2.17. The summed E-state index contributed by atoms with van der Waals surface area (Å²) in [5.74, 6) is 3.27. The maximum absolute atomic E-state index is 4.34. The first-order chi connectivity index (χ1) is 10.8. The lowest BCUT2D eigenvalue weighted by Crippen LogP contribution is -2.43. The largest absolute Gasteiger partial charge is 0.356 e. The highest BCUT2D eigenvalue weighted by Gasteiger charge is 2.24. The topological polar surface area (TPSA) is 49.3 Å². The Balaban J connectivity index is 0.00000264. The van der Waals surface area contributed by atoms with E-state index in [4.69, 9.17) is 0 Å². The lowest BCUT2D eigenvalue weighted by atomic mass is 10.2. The molecule has 0 aliphatic heterocycles. The van der Waals surface area contributed by atoms with Crippen molar-refractivity contribution in [3.63, 3.8) is 0 Å². The van der Waals surface area contributed by atoms with Gasteiger partial charge in [-0.3, -0.25) is 4.99 Å². The predicted molar refractivity (Wildman–Crippen MR) is 117 cm³/mol. The van der Waals surface area contributed by atoms with Gasteiger partial charge in [-0.05, 0) is 31.4 Å².